The van der Waals surface area contributed by atoms with Crippen molar-refractivity contribution in [3.05, 3.63) is 38.3 Å². The Balaban J connectivity index is 1.59. The van der Waals surface area contributed by atoms with Crippen LogP contribution in [0.5, 0.6) is 0 Å². The molecule has 0 bridgehead atoms. The van der Waals surface area contributed by atoms with Gasteiger partial charge in [-0.15, -0.1) is 11.3 Å². The second-order valence-electron chi connectivity index (χ2n) is 5.80. The Morgan fingerprint density at radius 2 is 2.15 bits per heavy atom. The first-order chi connectivity index (χ1) is 9.72. The number of nitrogens with zero attached hydrogens (tertiary/aromatic N) is 2. The van der Waals surface area contributed by atoms with Gasteiger partial charge >= 0.3 is 0 Å². The van der Waals surface area contributed by atoms with Crippen molar-refractivity contribution in [3.8, 4) is 0 Å². The fraction of sp³-hybridized carbons (Fsp3) is 0.533. The first-order valence-electron chi connectivity index (χ1n) is 7.27. The number of hydrogen-bond acceptors (Lipinski definition) is 3. The lowest BCUT2D eigenvalue weighted by Gasteiger charge is -2.27. The van der Waals surface area contributed by atoms with Gasteiger partial charge in [0, 0.05) is 35.3 Å². The molecule has 5 heteroatoms. The first kappa shape index (κ1) is 12.9. The van der Waals surface area contributed by atoms with Gasteiger partial charge in [0.15, 0.2) is 0 Å². The minimum Gasteiger partial charge on any atom is -0.303 e. The minimum atomic E-state index is 0.446. The third-order valence-corrected chi connectivity index (χ3v) is 5.96. The van der Waals surface area contributed by atoms with Crippen LogP contribution in [0.15, 0.2) is 12.3 Å². The molecule has 4 rings (SSSR count). The normalized spacial score (nSPS) is 24.7. The van der Waals surface area contributed by atoms with Crippen molar-refractivity contribution < 1.29 is 0 Å². The summed E-state index contributed by atoms with van der Waals surface area (Å²) in [6.45, 7) is 0. The van der Waals surface area contributed by atoms with E-state index in [1.54, 1.807) is 11.3 Å². The smallest absolute Gasteiger partial charge is 0.0934 e. The number of nitrogens with one attached hydrogen (secondary N) is 1. The summed E-state index contributed by atoms with van der Waals surface area (Å²) in [5.74, 6) is 0. The molecule has 1 N–H and O–H groups in total. The van der Waals surface area contributed by atoms with Crippen LogP contribution >= 0.6 is 22.9 Å². The highest BCUT2D eigenvalue weighted by atomic mass is 35.5. The summed E-state index contributed by atoms with van der Waals surface area (Å²) < 4.78 is 2.96. The molecule has 0 spiro atoms. The van der Waals surface area contributed by atoms with E-state index in [4.69, 9.17) is 11.6 Å². The zero-order valence-electron chi connectivity index (χ0n) is 11.5. The number of thiophene rings is 1. The molecule has 2 aromatic heterocycles. The maximum atomic E-state index is 6.15. The summed E-state index contributed by atoms with van der Waals surface area (Å²) in [7, 11) is 2.05. The van der Waals surface area contributed by atoms with Gasteiger partial charge in [0.25, 0.3) is 0 Å². The molecule has 2 heterocycles. The zero-order chi connectivity index (χ0) is 13.7. The number of aromatic nitrogens is 2. The van der Waals surface area contributed by atoms with Gasteiger partial charge < -0.3 is 5.32 Å². The Morgan fingerprint density at radius 1 is 1.30 bits per heavy atom. The molecule has 2 unspecified atom stereocenters. The Hall–Kier alpha value is -0.840. The van der Waals surface area contributed by atoms with Crippen LogP contribution in [0.3, 0.4) is 0 Å². The van der Waals surface area contributed by atoms with Crippen LogP contribution in [0, 0.1) is 0 Å². The summed E-state index contributed by atoms with van der Waals surface area (Å²) >= 11 is 7.89. The molecule has 0 saturated carbocycles. The Morgan fingerprint density at radius 3 is 3.05 bits per heavy atom. The van der Waals surface area contributed by atoms with Crippen LogP contribution in [-0.2, 0) is 19.9 Å². The molecule has 106 valence electrons. The van der Waals surface area contributed by atoms with Crippen molar-refractivity contribution >= 4 is 22.9 Å². The van der Waals surface area contributed by atoms with Crippen LogP contribution in [-0.4, -0.2) is 9.78 Å². The second-order valence-corrected chi connectivity index (χ2v) is 7.57. The maximum absolute atomic E-state index is 6.15. The van der Waals surface area contributed by atoms with Crippen LogP contribution in [0.25, 0.3) is 0 Å². The zero-order valence-corrected chi connectivity index (χ0v) is 13.1. The van der Waals surface area contributed by atoms with E-state index in [1.165, 1.54) is 41.0 Å². The van der Waals surface area contributed by atoms with E-state index >= 15 is 0 Å². The van der Waals surface area contributed by atoms with Gasteiger partial charge in [0.05, 0.1) is 10.5 Å². The molecule has 0 saturated heterocycles. The molecule has 0 aliphatic heterocycles. The number of aryl methyl sites for hydroxylation is 2. The summed E-state index contributed by atoms with van der Waals surface area (Å²) in [5.41, 5.74) is 4.22. The molecule has 0 aromatic carbocycles. The molecule has 2 aromatic rings. The third kappa shape index (κ3) is 2.01. The molecule has 0 fully saturated rings. The van der Waals surface area contributed by atoms with Gasteiger partial charge in [-0.1, -0.05) is 11.6 Å². The molecule has 0 amide bonds. The Kier molecular flexibility index (Phi) is 3.13. The first-order valence-corrected chi connectivity index (χ1v) is 8.47. The van der Waals surface area contributed by atoms with Crippen molar-refractivity contribution in [2.45, 2.75) is 44.2 Å². The Bertz CT molecular complexity index is 646. The van der Waals surface area contributed by atoms with Crippen molar-refractivity contribution in [2.75, 3.05) is 0 Å². The van der Waals surface area contributed by atoms with Crippen molar-refractivity contribution in [1.82, 2.24) is 15.1 Å². The lowest BCUT2D eigenvalue weighted by molar-refractivity contribution is 0.395. The van der Waals surface area contributed by atoms with Gasteiger partial charge in [-0.3, -0.25) is 4.68 Å². The number of fused-ring (bicyclic) bond motifs is 2. The van der Waals surface area contributed by atoms with E-state index in [1.807, 2.05) is 17.9 Å². The molecular formula is C15H18ClN3S. The quantitative estimate of drug-likeness (QED) is 0.915. The number of halogens is 1. The molecule has 2 atom stereocenters. The van der Waals surface area contributed by atoms with Gasteiger partial charge in [0.1, 0.15) is 0 Å². The summed E-state index contributed by atoms with van der Waals surface area (Å²) in [6, 6.07) is 3.06. The van der Waals surface area contributed by atoms with E-state index in [9.17, 15) is 0 Å². The number of hydrogen-bond donors (Lipinski definition) is 1. The predicted molar refractivity (Wildman–Crippen MR) is 82.4 cm³/mol. The van der Waals surface area contributed by atoms with Crippen molar-refractivity contribution in [3.63, 3.8) is 0 Å². The fourth-order valence-corrected chi connectivity index (χ4v) is 4.98. The molecule has 0 radical (unpaired) electrons. The van der Waals surface area contributed by atoms with Gasteiger partial charge in [-0.2, -0.15) is 5.10 Å². The van der Waals surface area contributed by atoms with Crippen LogP contribution < -0.4 is 5.32 Å². The van der Waals surface area contributed by atoms with Crippen LogP contribution in [0.1, 0.15) is 53.0 Å². The molecule has 2 aliphatic carbocycles. The summed E-state index contributed by atoms with van der Waals surface area (Å²) in [5, 5.41) is 8.28. The highest BCUT2D eigenvalue weighted by Crippen LogP contribution is 2.41. The fourth-order valence-electron chi connectivity index (χ4n) is 3.63. The standard InChI is InChI=1S/C15H18ClN3S/c1-19-13-4-2-3-11(10(13)8-17-19)18-12-5-6-14-9(12)7-15(16)20-14/h7-8,11-12,18H,2-6H2,1H3. The second kappa shape index (κ2) is 4.86. The lowest BCUT2D eigenvalue weighted by atomic mass is 9.92. The maximum Gasteiger partial charge on any atom is 0.0934 e. The SMILES string of the molecule is Cn1ncc2c1CCCC2NC1CCc2sc(Cl)cc21. The van der Waals surface area contributed by atoms with Gasteiger partial charge in [-0.05, 0) is 43.7 Å². The monoisotopic (exact) mass is 307 g/mol. The molecular weight excluding hydrogens is 290 g/mol. The van der Waals surface area contributed by atoms with Crippen LogP contribution in [0.4, 0.5) is 0 Å². The molecule has 3 nitrogen and oxygen atoms in total. The molecule has 2 aliphatic rings. The van der Waals surface area contributed by atoms with E-state index < -0.39 is 0 Å². The summed E-state index contributed by atoms with van der Waals surface area (Å²) in [4.78, 5) is 1.47. The van der Waals surface area contributed by atoms with Gasteiger partial charge in [0.2, 0.25) is 0 Å². The molecule has 20 heavy (non-hydrogen) atoms. The van der Waals surface area contributed by atoms with Crippen molar-refractivity contribution in [1.29, 1.82) is 0 Å². The van der Waals surface area contributed by atoms with Gasteiger partial charge in [-0.25, -0.2) is 0 Å². The average Bonchev–Trinajstić information content (AvgIpc) is 3.08. The average molecular weight is 308 g/mol. The lowest BCUT2D eigenvalue weighted by Crippen LogP contribution is -2.28. The minimum absolute atomic E-state index is 0.446. The van der Waals surface area contributed by atoms with E-state index in [0.717, 1.165) is 17.2 Å². The topological polar surface area (TPSA) is 29.9 Å². The third-order valence-electron chi connectivity index (χ3n) is 4.63. The van der Waals surface area contributed by atoms with Crippen LogP contribution in [0.2, 0.25) is 4.34 Å². The highest BCUT2D eigenvalue weighted by molar-refractivity contribution is 7.16. The number of rotatable bonds is 2. The predicted octanol–water partition coefficient (Wildman–Crippen LogP) is 3.79. The van der Waals surface area contributed by atoms with Crippen molar-refractivity contribution in [2.24, 2.45) is 7.05 Å². The van der Waals surface area contributed by atoms with E-state index in [2.05, 4.69) is 16.5 Å². The largest absolute Gasteiger partial charge is 0.303 e. The summed E-state index contributed by atoms with van der Waals surface area (Å²) in [6.07, 6.45) is 8.02. The Labute approximate surface area is 127 Å². The van der Waals surface area contributed by atoms with E-state index in [0.29, 0.717) is 12.1 Å². The van der Waals surface area contributed by atoms with E-state index in [-0.39, 0.29) is 0 Å². The highest BCUT2D eigenvalue weighted by Gasteiger charge is 2.30.